The Bertz CT molecular complexity index is 1110. The number of aromatic amines is 1. The molecule has 1 amide bonds. The maximum Gasteiger partial charge on any atom is 0.222 e. The topological polar surface area (TPSA) is 116 Å². The van der Waals surface area contributed by atoms with Crippen molar-refractivity contribution in [3.63, 3.8) is 0 Å². The highest BCUT2D eigenvalue weighted by Crippen LogP contribution is 2.31. The summed E-state index contributed by atoms with van der Waals surface area (Å²) in [6.45, 7) is 1.78. The van der Waals surface area contributed by atoms with Crippen molar-refractivity contribution >= 4 is 29.0 Å². The fraction of sp³-hybridized carbons (Fsp3) is 0.478. The van der Waals surface area contributed by atoms with E-state index in [9.17, 15) is 9.90 Å². The Morgan fingerprint density at radius 1 is 1.18 bits per heavy atom. The zero-order chi connectivity index (χ0) is 23.4. The number of nitrogens with zero attached hydrogens (tertiary/aromatic N) is 5. The van der Waals surface area contributed by atoms with Gasteiger partial charge >= 0.3 is 0 Å². The maximum absolute atomic E-state index is 12.5. The first-order valence-corrected chi connectivity index (χ1v) is 11.1. The standard InChI is InChI=1S/C23H30N6O4/c1-28-9-5-10-29(2)22-20-16(23(31)27-21(20)25-14-26-22)13-24-15-7-8-17(32-3)18(12-15)33-11-4-6-19(28)30/h7-8,13-14,18,31H,4-6,9-12H2,1-3H3,(H,25,26,27). The van der Waals surface area contributed by atoms with E-state index >= 15 is 0 Å². The van der Waals surface area contributed by atoms with Crippen LogP contribution in [0.4, 0.5) is 5.82 Å². The first-order valence-electron chi connectivity index (χ1n) is 11.1. The van der Waals surface area contributed by atoms with E-state index in [1.54, 1.807) is 18.2 Å². The van der Waals surface area contributed by atoms with E-state index in [0.29, 0.717) is 61.4 Å². The molecule has 2 bridgehead atoms. The molecule has 2 aromatic rings. The van der Waals surface area contributed by atoms with Gasteiger partial charge in [-0.05, 0) is 25.0 Å². The molecule has 10 heteroatoms. The number of methoxy groups -OCH3 is 1. The number of carbonyl (C=O) groups excluding carboxylic acids is 1. The molecule has 0 saturated heterocycles. The first kappa shape index (κ1) is 22.8. The molecule has 2 aromatic heterocycles. The Hall–Kier alpha value is -3.40. The molecule has 176 valence electrons. The number of allylic oxidation sites excluding steroid dienone is 2. The minimum atomic E-state index is -0.277. The molecule has 33 heavy (non-hydrogen) atoms. The van der Waals surface area contributed by atoms with Crippen LogP contribution in [0.2, 0.25) is 0 Å². The molecule has 0 aromatic carbocycles. The molecule has 0 saturated carbocycles. The summed E-state index contributed by atoms with van der Waals surface area (Å²) >= 11 is 0. The second-order valence-corrected chi connectivity index (χ2v) is 8.26. The van der Waals surface area contributed by atoms with Crippen LogP contribution in [0.15, 0.2) is 34.9 Å². The molecule has 1 aliphatic heterocycles. The summed E-state index contributed by atoms with van der Waals surface area (Å²) in [4.78, 5) is 32.5. The zero-order valence-electron chi connectivity index (χ0n) is 19.2. The molecule has 1 atom stereocenters. The van der Waals surface area contributed by atoms with Crippen LogP contribution in [0.1, 0.15) is 31.2 Å². The second kappa shape index (κ2) is 10.0. The van der Waals surface area contributed by atoms with Crippen molar-refractivity contribution in [2.75, 3.05) is 45.8 Å². The average Bonchev–Trinajstić information content (AvgIpc) is 3.14. The predicted octanol–water partition coefficient (Wildman–Crippen LogP) is 2.36. The third kappa shape index (κ3) is 5.00. The lowest BCUT2D eigenvalue weighted by Gasteiger charge is -2.24. The number of amides is 1. The summed E-state index contributed by atoms with van der Waals surface area (Å²) in [5.41, 5.74) is 1.85. The highest BCUT2D eigenvalue weighted by atomic mass is 16.5. The van der Waals surface area contributed by atoms with Crippen LogP contribution in [0.3, 0.4) is 0 Å². The molecule has 0 radical (unpaired) electrons. The van der Waals surface area contributed by atoms with Crippen LogP contribution in [0.5, 0.6) is 5.88 Å². The van der Waals surface area contributed by atoms with Crippen LogP contribution in [-0.2, 0) is 14.3 Å². The van der Waals surface area contributed by atoms with Crippen LogP contribution < -0.4 is 4.90 Å². The van der Waals surface area contributed by atoms with Gasteiger partial charge in [-0.2, -0.15) is 0 Å². The number of aromatic hydroxyl groups is 1. The highest BCUT2D eigenvalue weighted by molar-refractivity contribution is 6.06. The summed E-state index contributed by atoms with van der Waals surface area (Å²) in [6, 6.07) is 0. The van der Waals surface area contributed by atoms with Gasteiger partial charge in [0.25, 0.3) is 0 Å². The van der Waals surface area contributed by atoms with Gasteiger partial charge < -0.3 is 29.4 Å². The van der Waals surface area contributed by atoms with E-state index in [2.05, 4.69) is 19.9 Å². The molecule has 0 fully saturated rings. The van der Waals surface area contributed by atoms with E-state index < -0.39 is 0 Å². The second-order valence-electron chi connectivity index (χ2n) is 8.26. The number of H-pyrrole nitrogens is 1. The quantitative estimate of drug-likeness (QED) is 0.679. The van der Waals surface area contributed by atoms with Crippen molar-refractivity contribution < 1.29 is 19.4 Å². The van der Waals surface area contributed by atoms with E-state index in [1.165, 1.54) is 6.33 Å². The van der Waals surface area contributed by atoms with Gasteiger partial charge in [-0.15, -0.1) is 0 Å². The third-order valence-corrected chi connectivity index (χ3v) is 5.96. The summed E-state index contributed by atoms with van der Waals surface area (Å²) in [6.07, 6.45) is 8.92. The normalized spacial score (nSPS) is 20.8. The van der Waals surface area contributed by atoms with Crippen LogP contribution in [-0.4, -0.2) is 84.1 Å². The predicted molar refractivity (Wildman–Crippen MR) is 125 cm³/mol. The minimum absolute atomic E-state index is 0.0130. The lowest BCUT2D eigenvalue weighted by atomic mass is 10.1. The lowest BCUT2D eigenvalue weighted by Crippen LogP contribution is -2.31. The van der Waals surface area contributed by atoms with Gasteiger partial charge in [-0.1, -0.05) is 0 Å². The number of fused-ring (bicyclic) bond motifs is 2. The fourth-order valence-corrected chi connectivity index (χ4v) is 4.08. The van der Waals surface area contributed by atoms with Gasteiger partial charge in [-0.25, -0.2) is 9.97 Å². The Morgan fingerprint density at radius 3 is 2.82 bits per heavy atom. The van der Waals surface area contributed by atoms with Gasteiger partial charge in [-0.3, -0.25) is 9.79 Å². The number of anilines is 1. The van der Waals surface area contributed by atoms with Crippen molar-refractivity contribution in [2.45, 2.75) is 31.8 Å². The molecule has 1 aliphatic carbocycles. The fourth-order valence-electron chi connectivity index (χ4n) is 4.08. The average molecular weight is 455 g/mol. The molecule has 3 heterocycles. The van der Waals surface area contributed by atoms with Gasteiger partial charge in [0.05, 0.1) is 18.1 Å². The van der Waals surface area contributed by atoms with E-state index in [-0.39, 0.29) is 17.9 Å². The third-order valence-electron chi connectivity index (χ3n) is 5.96. The number of nitrogens with one attached hydrogen (secondary N) is 1. The minimum Gasteiger partial charge on any atom is -0.498 e. The van der Waals surface area contributed by atoms with E-state index in [4.69, 9.17) is 9.47 Å². The Balaban J connectivity index is 1.70. The zero-order valence-corrected chi connectivity index (χ0v) is 19.2. The smallest absolute Gasteiger partial charge is 0.222 e. The molecule has 1 unspecified atom stereocenters. The number of ether oxygens (including phenoxy) is 2. The lowest BCUT2D eigenvalue weighted by molar-refractivity contribution is -0.130. The van der Waals surface area contributed by atoms with Crippen LogP contribution in [0.25, 0.3) is 11.0 Å². The van der Waals surface area contributed by atoms with Gasteiger partial charge in [0.1, 0.15) is 29.7 Å². The van der Waals surface area contributed by atoms with Crippen molar-refractivity contribution in [1.82, 2.24) is 19.9 Å². The van der Waals surface area contributed by atoms with E-state index in [0.717, 1.165) is 17.9 Å². The van der Waals surface area contributed by atoms with E-state index in [1.807, 2.05) is 31.1 Å². The summed E-state index contributed by atoms with van der Waals surface area (Å²) < 4.78 is 11.5. The number of hydrogen-bond acceptors (Lipinski definition) is 8. The number of rotatable bonds is 1. The largest absolute Gasteiger partial charge is 0.498 e. The molecular weight excluding hydrogens is 424 g/mol. The SMILES string of the molecule is COC1=CC=C2CC1OCCCC(=O)N(C)CCCN(C)c1ncnc3[nH]c(O)c(c13)C=N2. The molecule has 2 aliphatic rings. The summed E-state index contributed by atoms with van der Waals surface area (Å²) in [5.74, 6) is 1.49. The molecule has 2 N–H and O–H groups in total. The van der Waals surface area contributed by atoms with Crippen molar-refractivity contribution in [3.8, 4) is 5.88 Å². The summed E-state index contributed by atoms with van der Waals surface area (Å²) in [5, 5.41) is 11.2. The van der Waals surface area contributed by atoms with Gasteiger partial charge in [0.2, 0.25) is 5.91 Å². The monoisotopic (exact) mass is 454 g/mol. The van der Waals surface area contributed by atoms with Crippen LogP contribution >= 0.6 is 0 Å². The molecule has 10 nitrogen and oxygen atoms in total. The number of aromatic nitrogens is 3. The summed E-state index contributed by atoms with van der Waals surface area (Å²) in [7, 11) is 5.38. The van der Waals surface area contributed by atoms with Crippen LogP contribution in [0, 0.1) is 0 Å². The first-order chi connectivity index (χ1) is 16.0. The number of carbonyl (C=O) groups is 1. The number of aliphatic imine (C=N–C) groups is 1. The van der Waals surface area contributed by atoms with Gasteiger partial charge in [0.15, 0.2) is 5.88 Å². The van der Waals surface area contributed by atoms with Crippen molar-refractivity contribution in [1.29, 1.82) is 0 Å². The van der Waals surface area contributed by atoms with Crippen molar-refractivity contribution in [2.24, 2.45) is 4.99 Å². The number of hydrogen-bond donors (Lipinski definition) is 2. The molecule has 4 rings (SSSR count). The Morgan fingerprint density at radius 2 is 2.00 bits per heavy atom. The van der Waals surface area contributed by atoms with Gasteiger partial charge in [0, 0.05) is 58.5 Å². The maximum atomic E-state index is 12.5. The Kier molecular flexibility index (Phi) is 6.93. The highest BCUT2D eigenvalue weighted by Gasteiger charge is 2.22. The Labute approximate surface area is 192 Å². The molecular formula is C23H30N6O4. The molecule has 0 spiro atoms. The van der Waals surface area contributed by atoms with Crippen molar-refractivity contribution in [3.05, 3.63) is 35.5 Å².